The molecule has 4 rings (SSSR count). The molecule has 14 heteroatoms. The van der Waals surface area contributed by atoms with Gasteiger partial charge in [0, 0.05) is 6.07 Å². The quantitative estimate of drug-likeness (QED) is 0.218. The molecular weight excluding hydrogens is 478 g/mol. The largest absolute Gasteiger partial charge is 0.450 e. The molecule has 0 radical (unpaired) electrons. The van der Waals surface area contributed by atoms with Crippen LogP contribution in [0.4, 0.5) is 17.2 Å². The van der Waals surface area contributed by atoms with E-state index in [0.29, 0.717) is 32.0 Å². The summed E-state index contributed by atoms with van der Waals surface area (Å²) in [4.78, 5) is 42.2. The lowest BCUT2D eigenvalue weighted by molar-refractivity contribution is -0.394. The number of anilines is 1. The highest BCUT2D eigenvalue weighted by Crippen LogP contribution is 2.34. The number of non-ortho nitro benzene ring substituents is 1. The maximum absolute atomic E-state index is 12.5. The Balaban J connectivity index is 1.44. The number of fused-ring (bicyclic) bond motifs is 1. The third-order valence-corrected chi connectivity index (χ3v) is 6.00. The third-order valence-electron chi connectivity index (χ3n) is 4.80. The van der Waals surface area contributed by atoms with Crippen molar-refractivity contribution >= 4 is 50.9 Å². The smallest absolute Gasteiger partial charge is 0.318 e. The number of aromatic nitrogens is 2. The van der Waals surface area contributed by atoms with Crippen LogP contribution in [0.25, 0.3) is 10.2 Å². The van der Waals surface area contributed by atoms with Crippen molar-refractivity contribution in [2.75, 3.05) is 5.73 Å². The number of nitrogens with one attached hydrogen (secondary N) is 1. The number of benzene rings is 2. The molecular formula is C21H15N7O6S. The number of carbonyl (C=O) groups excluding carboxylic acids is 1. The first-order chi connectivity index (χ1) is 16.7. The standard InChI is InChI=1S/C21H15N7O6S/c1-11-17-19(22)23-10-24-21(17)35-18(11)20(29)26-25-9-12-2-5-14(6-3-12)34-16-7-4-13(27(30)31)8-15(16)28(32)33/h2-10H,1H3,(H,26,29)(H2,22,23,24)/b25-9-. The minimum atomic E-state index is -0.759. The molecule has 0 spiro atoms. The molecule has 0 aliphatic rings. The summed E-state index contributed by atoms with van der Waals surface area (Å²) in [5.41, 5.74) is 8.65. The Bertz CT molecular complexity index is 1500. The van der Waals surface area contributed by atoms with Crippen molar-refractivity contribution in [1.29, 1.82) is 0 Å². The molecule has 2 aromatic carbocycles. The number of nitro groups is 2. The number of rotatable bonds is 7. The molecule has 35 heavy (non-hydrogen) atoms. The Morgan fingerprint density at radius 3 is 2.54 bits per heavy atom. The zero-order valence-corrected chi connectivity index (χ0v) is 18.7. The molecule has 0 saturated carbocycles. The van der Waals surface area contributed by atoms with Gasteiger partial charge in [-0.25, -0.2) is 15.4 Å². The van der Waals surface area contributed by atoms with Gasteiger partial charge < -0.3 is 10.5 Å². The van der Waals surface area contributed by atoms with Crippen LogP contribution in [0.15, 0.2) is 53.9 Å². The number of hydrogen-bond acceptors (Lipinski definition) is 11. The van der Waals surface area contributed by atoms with Crippen molar-refractivity contribution in [1.82, 2.24) is 15.4 Å². The van der Waals surface area contributed by atoms with Crippen molar-refractivity contribution in [2.45, 2.75) is 6.92 Å². The SMILES string of the molecule is Cc1c(C(=O)N/N=C\c2ccc(Oc3ccc([N+](=O)[O-])cc3[N+](=O)[O-])cc2)sc2ncnc(N)c12. The van der Waals surface area contributed by atoms with Gasteiger partial charge in [0.1, 0.15) is 22.7 Å². The number of nitrogens with zero attached hydrogens (tertiary/aromatic N) is 5. The Hall–Kier alpha value is -4.98. The predicted octanol–water partition coefficient (Wildman–Crippen LogP) is 3.95. The van der Waals surface area contributed by atoms with E-state index in [1.807, 2.05) is 0 Å². The van der Waals surface area contributed by atoms with Crippen LogP contribution in [0.1, 0.15) is 20.8 Å². The molecule has 0 unspecified atom stereocenters. The van der Waals surface area contributed by atoms with Gasteiger partial charge in [-0.1, -0.05) is 0 Å². The summed E-state index contributed by atoms with van der Waals surface area (Å²) in [6, 6.07) is 9.41. The van der Waals surface area contributed by atoms with Crippen molar-refractivity contribution < 1.29 is 19.4 Å². The summed E-state index contributed by atoms with van der Waals surface area (Å²) in [5.74, 6) is 0.000279. The molecule has 13 nitrogen and oxygen atoms in total. The monoisotopic (exact) mass is 493 g/mol. The molecule has 2 heterocycles. The predicted molar refractivity (Wildman–Crippen MR) is 128 cm³/mol. The van der Waals surface area contributed by atoms with Crippen molar-refractivity contribution in [3.63, 3.8) is 0 Å². The van der Waals surface area contributed by atoms with Gasteiger partial charge in [-0.05, 0) is 48.4 Å². The molecule has 1 amide bonds. The van der Waals surface area contributed by atoms with E-state index in [-0.39, 0.29) is 11.5 Å². The molecule has 0 aliphatic heterocycles. The summed E-state index contributed by atoms with van der Waals surface area (Å²) < 4.78 is 5.51. The summed E-state index contributed by atoms with van der Waals surface area (Å²) in [5, 5.41) is 26.7. The Morgan fingerprint density at radius 2 is 1.89 bits per heavy atom. The first kappa shape index (κ1) is 23.2. The van der Waals surface area contributed by atoms with E-state index in [0.717, 1.165) is 18.2 Å². The van der Waals surface area contributed by atoms with Crippen LogP contribution in [0.5, 0.6) is 11.5 Å². The first-order valence-electron chi connectivity index (χ1n) is 9.78. The molecule has 0 bridgehead atoms. The number of aryl methyl sites for hydroxylation is 1. The molecule has 0 atom stereocenters. The van der Waals surface area contributed by atoms with E-state index >= 15 is 0 Å². The second kappa shape index (κ2) is 9.48. The average Bonchev–Trinajstić information content (AvgIpc) is 3.17. The Labute approximate surface area is 200 Å². The fraction of sp³-hybridized carbons (Fsp3) is 0.0476. The van der Waals surface area contributed by atoms with Crippen molar-refractivity contribution in [3.8, 4) is 11.5 Å². The van der Waals surface area contributed by atoms with Crippen LogP contribution in [0, 0.1) is 27.2 Å². The van der Waals surface area contributed by atoms with Gasteiger partial charge in [0.2, 0.25) is 5.75 Å². The number of hydrazone groups is 1. The van der Waals surface area contributed by atoms with Crippen LogP contribution >= 0.6 is 11.3 Å². The van der Waals surface area contributed by atoms with Gasteiger partial charge in [-0.15, -0.1) is 11.3 Å². The first-order valence-corrected chi connectivity index (χ1v) is 10.6. The van der Waals surface area contributed by atoms with Gasteiger partial charge in [0.15, 0.2) is 0 Å². The van der Waals surface area contributed by atoms with Crippen molar-refractivity contribution in [3.05, 3.63) is 85.0 Å². The van der Waals surface area contributed by atoms with E-state index in [2.05, 4.69) is 20.5 Å². The lowest BCUT2D eigenvalue weighted by atomic mass is 10.2. The maximum atomic E-state index is 12.5. The molecule has 2 aromatic heterocycles. The molecule has 0 saturated heterocycles. The number of hydrogen-bond donors (Lipinski definition) is 2. The van der Waals surface area contributed by atoms with Crippen LogP contribution < -0.4 is 15.9 Å². The van der Waals surface area contributed by atoms with Crippen LogP contribution in [0.2, 0.25) is 0 Å². The highest BCUT2D eigenvalue weighted by molar-refractivity contribution is 7.20. The average molecular weight is 493 g/mol. The number of carbonyl (C=O) groups is 1. The Morgan fingerprint density at radius 1 is 1.14 bits per heavy atom. The van der Waals surface area contributed by atoms with Crippen LogP contribution in [0.3, 0.4) is 0 Å². The second-order valence-corrected chi connectivity index (χ2v) is 8.03. The number of nitrogen functional groups attached to an aromatic ring is 1. The number of thiophene rings is 1. The molecule has 176 valence electrons. The van der Waals surface area contributed by atoms with Gasteiger partial charge in [-0.2, -0.15) is 5.10 Å². The number of amides is 1. The summed E-state index contributed by atoms with van der Waals surface area (Å²) in [6.45, 7) is 1.76. The Kier molecular flexibility index (Phi) is 6.28. The number of nitro benzene ring substituents is 2. The fourth-order valence-corrected chi connectivity index (χ4v) is 4.18. The maximum Gasteiger partial charge on any atom is 0.318 e. The number of nitrogens with two attached hydrogens (primary N) is 1. The lowest BCUT2D eigenvalue weighted by Crippen LogP contribution is -2.17. The summed E-state index contributed by atoms with van der Waals surface area (Å²) in [6.07, 6.45) is 2.74. The summed E-state index contributed by atoms with van der Waals surface area (Å²) in [7, 11) is 0. The van der Waals surface area contributed by atoms with Gasteiger partial charge in [0.25, 0.3) is 11.6 Å². The number of ether oxygens (including phenoxy) is 1. The third kappa shape index (κ3) is 4.86. The summed E-state index contributed by atoms with van der Waals surface area (Å²) >= 11 is 1.18. The molecule has 3 N–H and O–H groups in total. The van der Waals surface area contributed by atoms with Gasteiger partial charge in [-0.3, -0.25) is 25.0 Å². The van der Waals surface area contributed by atoms with E-state index < -0.39 is 27.1 Å². The molecule has 4 aromatic rings. The van der Waals surface area contributed by atoms with Crippen LogP contribution in [-0.2, 0) is 0 Å². The highest BCUT2D eigenvalue weighted by Gasteiger charge is 2.21. The highest BCUT2D eigenvalue weighted by atomic mass is 32.1. The van der Waals surface area contributed by atoms with E-state index in [1.165, 1.54) is 36.0 Å². The van der Waals surface area contributed by atoms with Gasteiger partial charge >= 0.3 is 5.69 Å². The zero-order valence-electron chi connectivity index (χ0n) is 17.9. The van der Waals surface area contributed by atoms with E-state index in [4.69, 9.17) is 10.5 Å². The van der Waals surface area contributed by atoms with Gasteiger partial charge in [0.05, 0.1) is 32.4 Å². The van der Waals surface area contributed by atoms with Crippen LogP contribution in [-0.4, -0.2) is 31.9 Å². The topological polar surface area (TPSA) is 189 Å². The zero-order chi connectivity index (χ0) is 25.1. The fourth-order valence-electron chi connectivity index (χ4n) is 3.13. The minimum Gasteiger partial charge on any atom is -0.450 e. The lowest BCUT2D eigenvalue weighted by Gasteiger charge is -2.06. The van der Waals surface area contributed by atoms with Crippen molar-refractivity contribution in [2.24, 2.45) is 5.10 Å². The second-order valence-electron chi connectivity index (χ2n) is 7.03. The van der Waals surface area contributed by atoms with E-state index in [1.54, 1.807) is 19.1 Å². The normalized spacial score (nSPS) is 11.0. The molecule has 0 aliphatic carbocycles. The minimum absolute atomic E-state index is 0.140. The van der Waals surface area contributed by atoms with E-state index in [9.17, 15) is 25.0 Å². The molecule has 0 fully saturated rings.